The third-order valence-electron chi connectivity index (χ3n) is 5.38. The highest BCUT2D eigenvalue weighted by Crippen LogP contribution is 2.21. The highest BCUT2D eigenvalue weighted by molar-refractivity contribution is 5.75. The third-order valence-corrected chi connectivity index (χ3v) is 5.38. The molecule has 0 saturated carbocycles. The molecule has 0 bridgehead atoms. The molecule has 1 atom stereocenters. The second-order valence-electron chi connectivity index (χ2n) is 7.49. The number of amides is 2. The lowest BCUT2D eigenvalue weighted by atomic mass is 9.95. The molecule has 1 aliphatic heterocycles. The molecular weight excluding hydrogens is 352 g/mol. The Labute approximate surface area is 164 Å². The monoisotopic (exact) mass is 378 g/mol. The first-order valence-corrected chi connectivity index (χ1v) is 9.86. The number of imidazole rings is 1. The number of aliphatic hydroxyl groups excluding tert-OH is 1. The van der Waals surface area contributed by atoms with Gasteiger partial charge in [-0.25, -0.2) is 9.78 Å². The van der Waals surface area contributed by atoms with Crippen molar-refractivity contribution in [3.8, 4) is 0 Å². The Morgan fingerprint density at radius 2 is 1.96 bits per heavy atom. The number of urea groups is 1. The molecule has 146 valence electrons. The van der Waals surface area contributed by atoms with E-state index in [-0.39, 0.29) is 12.6 Å². The van der Waals surface area contributed by atoms with Crippen molar-refractivity contribution < 1.29 is 9.90 Å². The van der Waals surface area contributed by atoms with E-state index in [1.165, 1.54) is 0 Å². The van der Waals surface area contributed by atoms with Crippen molar-refractivity contribution >= 4 is 17.1 Å². The van der Waals surface area contributed by atoms with Gasteiger partial charge in [0.05, 0.1) is 17.6 Å². The van der Waals surface area contributed by atoms with E-state index in [2.05, 4.69) is 15.3 Å². The highest BCUT2D eigenvalue weighted by atomic mass is 16.3. The van der Waals surface area contributed by atoms with Gasteiger partial charge in [-0.3, -0.25) is 0 Å². The van der Waals surface area contributed by atoms with Crippen LogP contribution < -0.4 is 5.32 Å². The van der Waals surface area contributed by atoms with Crippen LogP contribution in [0.1, 0.15) is 29.8 Å². The van der Waals surface area contributed by atoms with E-state index < -0.39 is 0 Å². The summed E-state index contributed by atoms with van der Waals surface area (Å²) >= 11 is 0. The molecule has 0 unspecified atom stereocenters. The number of hydrogen-bond acceptors (Lipinski definition) is 3. The fourth-order valence-electron chi connectivity index (χ4n) is 3.84. The van der Waals surface area contributed by atoms with Crippen LogP contribution in [0.25, 0.3) is 11.0 Å². The van der Waals surface area contributed by atoms with Gasteiger partial charge in [0.1, 0.15) is 5.82 Å². The number of nitrogens with zero attached hydrogens (tertiary/aromatic N) is 2. The standard InChI is InChI=1S/C22H26N4O2/c27-15-17-9-7-16(8-10-17)13-23-22(28)26-11-3-4-18(14-26)12-21-24-19-5-1-2-6-20(19)25-21/h1-2,5-10,18,27H,3-4,11-15H2,(H,23,28)(H,24,25)/t18-/m0/s1. The fraction of sp³-hybridized carbons (Fsp3) is 0.364. The third kappa shape index (κ3) is 4.34. The van der Waals surface area contributed by atoms with E-state index >= 15 is 0 Å². The molecule has 28 heavy (non-hydrogen) atoms. The molecule has 1 saturated heterocycles. The fourth-order valence-corrected chi connectivity index (χ4v) is 3.84. The lowest BCUT2D eigenvalue weighted by Gasteiger charge is -2.32. The number of carbonyl (C=O) groups excluding carboxylic acids is 1. The van der Waals surface area contributed by atoms with E-state index in [0.717, 1.165) is 60.3 Å². The quantitative estimate of drug-likeness (QED) is 0.638. The topological polar surface area (TPSA) is 81.2 Å². The smallest absolute Gasteiger partial charge is 0.317 e. The lowest BCUT2D eigenvalue weighted by molar-refractivity contribution is 0.164. The number of H-pyrrole nitrogens is 1. The largest absolute Gasteiger partial charge is 0.392 e. The van der Waals surface area contributed by atoms with Crippen LogP contribution in [0, 0.1) is 5.92 Å². The Hall–Kier alpha value is -2.86. The van der Waals surface area contributed by atoms with Gasteiger partial charge in [-0.15, -0.1) is 0 Å². The predicted molar refractivity (Wildman–Crippen MR) is 109 cm³/mol. The summed E-state index contributed by atoms with van der Waals surface area (Å²) in [6, 6.07) is 15.7. The Morgan fingerprint density at radius 3 is 2.75 bits per heavy atom. The number of fused-ring (bicyclic) bond motifs is 1. The van der Waals surface area contributed by atoms with Gasteiger partial charge in [-0.2, -0.15) is 0 Å². The average molecular weight is 378 g/mol. The maximum absolute atomic E-state index is 12.6. The Balaban J connectivity index is 1.31. The van der Waals surface area contributed by atoms with Crippen molar-refractivity contribution in [1.82, 2.24) is 20.2 Å². The molecule has 6 nitrogen and oxygen atoms in total. The number of hydrogen-bond donors (Lipinski definition) is 3. The van der Waals surface area contributed by atoms with Crippen LogP contribution in [-0.4, -0.2) is 39.1 Å². The van der Waals surface area contributed by atoms with E-state index in [0.29, 0.717) is 12.5 Å². The number of benzene rings is 2. The Bertz CT molecular complexity index is 902. The summed E-state index contributed by atoms with van der Waals surface area (Å²) in [6.07, 6.45) is 2.99. The number of piperidine rings is 1. The number of nitrogens with one attached hydrogen (secondary N) is 2. The molecule has 3 aromatic rings. The van der Waals surface area contributed by atoms with Crippen LogP contribution in [0.5, 0.6) is 0 Å². The zero-order valence-electron chi connectivity index (χ0n) is 15.9. The van der Waals surface area contributed by atoms with Crippen molar-refractivity contribution in [3.63, 3.8) is 0 Å². The molecule has 1 aliphatic rings. The number of rotatable bonds is 5. The molecule has 0 spiro atoms. The Kier molecular flexibility index (Phi) is 5.58. The van der Waals surface area contributed by atoms with E-state index in [4.69, 9.17) is 5.11 Å². The summed E-state index contributed by atoms with van der Waals surface area (Å²) in [4.78, 5) is 22.6. The van der Waals surface area contributed by atoms with Crippen LogP contribution in [0.15, 0.2) is 48.5 Å². The average Bonchev–Trinajstić information content (AvgIpc) is 3.15. The molecule has 6 heteroatoms. The Morgan fingerprint density at radius 1 is 1.18 bits per heavy atom. The molecule has 4 rings (SSSR count). The highest BCUT2D eigenvalue weighted by Gasteiger charge is 2.24. The minimum Gasteiger partial charge on any atom is -0.392 e. The number of aromatic nitrogens is 2. The number of carbonyl (C=O) groups is 1. The van der Waals surface area contributed by atoms with Crippen LogP contribution in [0.4, 0.5) is 4.79 Å². The van der Waals surface area contributed by atoms with Crippen LogP contribution in [-0.2, 0) is 19.6 Å². The first-order valence-electron chi connectivity index (χ1n) is 9.86. The summed E-state index contributed by atoms with van der Waals surface area (Å²) in [6.45, 7) is 2.08. The van der Waals surface area contributed by atoms with Gasteiger partial charge >= 0.3 is 6.03 Å². The van der Waals surface area contributed by atoms with Crippen LogP contribution >= 0.6 is 0 Å². The molecule has 2 amide bonds. The summed E-state index contributed by atoms with van der Waals surface area (Å²) < 4.78 is 0. The second kappa shape index (κ2) is 8.44. The van der Waals surface area contributed by atoms with Crippen molar-refractivity contribution in [2.24, 2.45) is 5.92 Å². The molecule has 1 aromatic heterocycles. The van der Waals surface area contributed by atoms with Crippen LogP contribution in [0.3, 0.4) is 0 Å². The van der Waals surface area contributed by atoms with Crippen molar-refractivity contribution in [2.75, 3.05) is 13.1 Å². The van der Waals surface area contributed by atoms with E-state index in [1.807, 2.05) is 53.4 Å². The first kappa shape index (κ1) is 18.5. The van der Waals surface area contributed by atoms with Crippen molar-refractivity contribution in [1.29, 1.82) is 0 Å². The van der Waals surface area contributed by atoms with E-state index in [1.54, 1.807) is 0 Å². The van der Waals surface area contributed by atoms with Gasteiger partial charge in [0, 0.05) is 26.1 Å². The minimum atomic E-state index is -0.0134. The van der Waals surface area contributed by atoms with Gasteiger partial charge < -0.3 is 20.3 Å². The summed E-state index contributed by atoms with van der Waals surface area (Å²) in [5, 5.41) is 12.1. The van der Waals surface area contributed by atoms with Gasteiger partial charge in [-0.05, 0) is 42.0 Å². The summed E-state index contributed by atoms with van der Waals surface area (Å²) in [7, 11) is 0. The maximum Gasteiger partial charge on any atom is 0.317 e. The number of aliphatic hydroxyl groups is 1. The molecule has 1 fully saturated rings. The second-order valence-corrected chi connectivity index (χ2v) is 7.49. The maximum atomic E-state index is 12.6. The summed E-state index contributed by atoms with van der Waals surface area (Å²) in [5.74, 6) is 1.42. The molecule has 0 radical (unpaired) electrons. The van der Waals surface area contributed by atoms with E-state index in [9.17, 15) is 4.79 Å². The molecule has 3 N–H and O–H groups in total. The lowest BCUT2D eigenvalue weighted by Crippen LogP contribution is -2.45. The number of para-hydroxylation sites is 2. The molecule has 2 heterocycles. The van der Waals surface area contributed by atoms with Crippen molar-refractivity contribution in [2.45, 2.75) is 32.4 Å². The minimum absolute atomic E-state index is 0.0134. The summed E-state index contributed by atoms with van der Waals surface area (Å²) in [5.41, 5.74) is 3.96. The normalized spacial score (nSPS) is 17.0. The van der Waals surface area contributed by atoms with Gasteiger partial charge in [0.2, 0.25) is 0 Å². The van der Waals surface area contributed by atoms with Gasteiger partial charge in [0.25, 0.3) is 0 Å². The zero-order chi connectivity index (χ0) is 19.3. The number of likely N-dealkylation sites (tertiary alicyclic amines) is 1. The molecule has 0 aliphatic carbocycles. The van der Waals surface area contributed by atoms with Gasteiger partial charge in [-0.1, -0.05) is 36.4 Å². The zero-order valence-corrected chi connectivity index (χ0v) is 15.9. The SMILES string of the molecule is O=C(NCc1ccc(CO)cc1)N1CCC[C@@H](Cc2nc3ccccc3[nH]2)C1. The first-order chi connectivity index (χ1) is 13.7. The molecule has 2 aromatic carbocycles. The van der Waals surface area contributed by atoms with Gasteiger partial charge in [0.15, 0.2) is 0 Å². The molecular formula is C22H26N4O2. The van der Waals surface area contributed by atoms with Crippen molar-refractivity contribution in [3.05, 3.63) is 65.5 Å². The number of aromatic amines is 1. The van der Waals surface area contributed by atoms with Crippen LogP contribution in [0.2, 0.25) is 0 Å². The predicted octanol–water partition coefficient (Wildman–Crippen LogP) is 3.22.